The van der Waals surface area contributed by atoms with Crippen LogP contribution in [0.5, 0.6) is 0 Å². The van der Waals surface area contributed by atoms with Gasteiger partial charge in [0.25, 0.3) is 0 Å². The number of guanidine groups is 1. The topological polar surface area (TPSA) is 45.5 Å². The summed E-state index contributed by atoms with van der Waals surface area (Å²) in [6, 6.07) is 2.76. The second-order valence-corrected chi connectivity index (χ2v) is 7.92. The number of rotatable bonds is 4. The summed E-state index contributed by atoms with van der Waals surface area (Å²) in [7, 11) is 0. The molecule has 3 fully saturated rings. The molecule has 0 unspecified atom stereocenters. The quantitative estimate of drug-likeness (QED) is 0.423. The average molecular weight is 457 g/mol. The first kappa shape index (κ1) is 19.0. The Morgan fingerprint density at radius 3 is 2.72 bits per heavy atom. The summed E-state index contributed by atoms with van der Waals surface area (Å²) < 4.78 is 2.17. The van der Waals surface area contributed by atoms with Gasteiger partial charge in [0.05, 0.1) is 18.3 Å². The van der Waals surface area contributed by atoms with E-state index in [2.05, 4.69) is 34.1 Å². The molecule has 1 aliphatic heterocycles. The van der Waals surface area contributed by atoms with Crippen LogP contribution in [-0.4, -0.2) is 40.3 Å². The van der Waals surface area contributed by atoms with Crippen molar-refractivity contribution in [3.63, 3.8) is 0 Å². The highest BCUT2D eigenvalue weighted by molar-refractivity contribution is 14.0. The second-order valence-electron chi connectivity index (χ2n) is 7.92. The lowest BCUT2D eigenvalue weighted by Gasteiger charge is -2.38. The number of likely N-dealkylation sites (tertiary alicyclic amines) is 1. The maximum atomic E-state index is 4.89. The summed E-state index contributed by atoms with van der Waals surface area (Å²) in [6.07, 6.45) is 13.0. The molecule has 0 radical (unpaired) electrons. The fourth-order valence-corrected chi connectivity index (χ4v) is 4.62. The van der Waals surface area contributed by atoms with Crippen molar-refractivity contribution in [2.45, 2.75) is 70.9 Å². The number of aliphatic imine (C=N–C) groups is 1. The summed E-state index contributed by atoms with van der Waals surface area (Å²) in [5, 5.41) is 8.25. The third kappa shape index (κ3) is 4.14. The molecule has 2 heterocycles. The molecule has 140 valence electrons. The Bertz CT molecular complexity index is 586. The number of halogens is 1. The van der Waals surface area contributed by atoms with Crippen molar-refractivity contribution in [2.75, 3.05) is 19.6 Å². The molecule has 6 heteroatoms. The summed E-state index contributed by atoms with van der Waals surface area (Å²) in [5.74, 6) is 1.08. The highest BCUT2D eigenvalue weighted by atomic mass is 127. The lowest BCUT2D eigenvalue weighted by Crippen LogP contribution is -2.42. The maximum Gasteiger partial charge on any atom is 0.194 e. The molecular weight excluding hydrogens is 425 g/mol. The minimum atomic E-state index is 0. The van der Waals surface area contributed by atoms with E-state index in [1.165, 1.54) is 57.9 Å². The van der Waals surface area contributed by atoms with Crippen molar-refractivity contribution in [2.24, 2.45) is 10.4 Å². The predicted molar refractivity (Wildman–Crippen MR) is 112 cm³/mol. The van der Waals surface area contributed by atoms with Crippen molar-refractivity contribution in [3.05, 3.63) is 18.0 Å². The lowest BCUT2D eigenvalue weighted by molar-refractivity contribution is 0.151. The summed E-state index contributed by atoms with van der Waals surface area (Å²) in [5.41, 5.74) is 1.70. The summed E-state index contributed by atoms with van der Waals surface area (Å²) in [6.45, 7) is 6.11. The number of hydrogen-bond acceptors (Lipinski definition) is 2. The van der Waals surface area contributed by atoms with Gasteiger partial charge in [-0.3, -0.25) is 4.68 Å². The van der Waals surface area contributed by atoms with E-state index in [0.717, 1.165) is 24.7 Å². The van der Waals surface area contributed by atoms with E-state index in [-0.39, 0.29) is 24.0 Å². The van der Waals surface area contributed by atoms with E-state index < -0.39 is 0 Å². The van der Waals surface area contributed by atoms with Gasteiger partial charge in [0.1, 0.15) is 0 Å². The third-order valence-electron chi connectivity index (χ3n) is 6.24. The van der Waals surface area contributed by atoms with E-state index in [1.54, 1.807) is 0 Å². The van der Waals surface area contributed by atoms with Gasteiger partial charge in [-0.2, -0.15) is 5.10 Å². The lowest BCUT2D eigenvalue weighted by atomic mass is 9.68. The molecular formula is C19H32IN5. The first-order valence-electron chi connectivity index (χ1n) is 9.85. The first-order chi connectivity index (χ1) is 11.8. The fourth-order valence-electron chi connectivity index (χ4n) is 4.62. The van der Waals surface area contributed by atoms with Gasteiger partial charge in [0.15, 0.2) is 5.96 Å². The zero-order chi connectivity index (χ0) is 16.4. The monoisotopic (exact) mass is 457 g/mol. The Morgan fingerprint density at radius 1 is 1.28 bits per heavy atom. The van der Waals surface area contributed by atoms with Gasteiger partial charge < -0.3 is 10.2 Å². The van der Waals surface area contributed by atoms with Gasteiger partial charge in [0.2, 0.25) is 0 Å². The second kappa shape index (κ2) is 8.27. The van der Waals surface area contributed by atoms with E-state index in [9.17, 15) is 0 Å². The standard InChI is InChI=1S/C19H31N5.HI/c1-2-20-18(23-13-11-19(15-23)9-5-10-19)21-14-16-8-12-24(22-16)17-6-3-4-7-17;/h8,12,17H,2-7,9-11,13-15H2,1H3,(H,20,21);1H. The molecule has 1 aromatic heterocycles. The molecule has 1 N–H and O–H groups in total. The van der Waals surface area contributed by atoms with Crippen molar-refractivity contribution in [1.29, 1.82) is 0 Å². The predicted octanol–water partition coefficient (Wildman–Crippen LogP) is 3.96. The van der Waals surface area contributed by atoms with Crippen LogP contribution in [0.2, 0.25) is 0 Å². The normalized spacial score (nSPS) is 22.9. The van der Waals surface area contributed by atoms with Crippen LogP contribution in [-0.2, 0) is 6.54 Å². The molecule has 2 saturated carbocycles. The zero-order valence-corrected chi connectivity index (χ0v) is 17.7. The van der Waals surface area contributed by atoms with Crippen molar-refractivity contribution in [1.82, 2.24) is 20.0 Å². The molecule has 0 amide bonds. The Hall–Kier alpha value is -0.790. The maximum absolute atomic E-state index is 4.89. The van der Waals surface area contributed by atoms with Crippen LogP contribution in [0.3, 0.4) is 0 Å². The van der Waals surface area contributed by atoms with Crippen LogP contribution in [0.25, 0.3) is 0 Å². The van der Waals surface area contributed by atoms with Crippen LogP contribution in [0, 0.1) is 5.41 Å². The largest absolute Gasteiger partial charge is 0.357 e. The van der Waals surface area contributed by atoms with Gasteiger partial charge in [-0.15, -0.1) is 24.0 Å². The number of aromatic nitrogens is 2. The fraction of sp³-hybridized carbons (Fsp3) is 0.789. The van der Waals surface area contributed by atoms with Gasteiger partial charge in [0, 0.05) is 25.8 Å². The average Bonchev–Trinajstić information content (AvgIpc) is 3.30. The Kier molecular flexibility index (Phi) is 6.28. The molecule has 0 aromatic carbocycles. The zero-order valence-electron chi connectivity index (χ0n) is 15.4. The van der Waals surface area contributed by atoms with Crippen molar-refractivity contribution >= 4 is 29.9 Å². The van der Waals surface area contributed by atoms with E-state index in [4.69, 9.17) is 10.1 Å². The molecule has 0 bridgehead atoms. The van der Waals surface area contributed by atoms with Crippen LogP contribution in [0.1, 0.15) is 70.0 Å². The Morgan fingerprint density at radius 2 is 2.08 bits per heavy atom. The van der Waals surface area contributed by atoms with Crippen LogP contribution >= 0.6 is 24.0 Å². The SMILES string of the molecule is CCNC(=NCc1ccn(C2CCCC2)n1)N1CCC2(CCC2)C1.I. The smallest absolute Gasteiger partial charge is 0.194 e. The van der Waals surface area contributed by atoms with E-state index in [0.29, 0.717) is 18.0 Å². The molecule has 2 aliphatic carbocycles. The Balaban J connectivity index is 0.00000182. The molecule has 5 nitrogen and oxygen atoms in total. The molecule has 1 saturated heterocycles. The first-order valence-corrected chi connectivity index (χ1v) is 9.85. The van der Waals surface area contributed by atoms with E-state index in [1.807, 2.05) is 0 Å². The Labute approximate surface area is 168 Å². The van der Waals surface area contributed by atoms with Crippen molar-refractivity contribution < 1.29 is 0 Å². The molecule has 3 aliphatic rings. The molecule has 1 spiro atoms. The minimum absolute atomic E-state index is 0. The molecule has 1 aromatic rings. The molecule has 0 atom stereocenters. The summed E-state index contributed by atoms with van der Waals surface area (Å²) in [4.78, 5) is 7.35. The van der Waals surface area contributed by atoms with Crippen LogP contribution < -0.4 is 5.32 Å². The third-order valence-corrected chi connectivity index (χ3v) is 6.24. The minimum Gasteiger partial charge on any atom is -0.357 e. The van der Waals surface area contributed by atoms with Gasteiger partial charge in [-0.05, 0) is 50.5 Å². The van der Waals surface area contributed by atoms with E-state index >= 15 is 0 Å². The highest BCUT2D eigenvalue weighted by Crippen LogP contribution is 2.47. The van der Waals surface area contributed by atoms with Gasteiger partial charge in [-0.1, -0.05) is 19.3 Å². The van der Waals surface area contributed by atoms with Crippen molar-refractivity contribution in [3.8, 4) is 0 Å². The number of nitrogens with zero attached hydrogens (tertiary/aromatic N) is 4. The molecule has 25 heavy (non-hydrogen) atoms. The van der Waals surface area contributed by atoms with Gasteiger partial charge in [-0.25, -0.2) is 4.99 Å². The number of hydrogen-bond donors (Lipinski definition) is 1. The molecule has 4 rings (SSSR count). The number of nitrogens with one attached hydrogen (secondary N) is 1. The van der Waals surface area contributed by atoms with Crippen LogP contribution in [0.15, 0.2) is 17.3 Å². The summed E-state index contributed by atoms with van der Waals surface area (Å²) >= 11 is 0. The van der Waals surface area contributed by atoms with Gasteiger partial charge >= 0.3 is 0 Å². The van der Waals surface area contributed by atoms with Crippen LogP contribution in [0.4, 0.5) is 0 Å². The highest BCUT2D eigenvalue weighted by Gasteiger charge is 2.43.